The summed E-state index contributed by atoms with van der Waals surface area (Å²) in [5.41, 5.74) is 5.39. The number of hydrogen-bond donors (Lipinski definition) is 5. The standard InChI is InChI=1S/C26H40N4O7/c1-16-14-17(10-11-20(16)32)22(23(34)28-18-8-6-5-7-9-18)30(12-13-31)24(35)19(15-21(27)33)29-25(36)37-26(2,3)4/h10-11,14,18-19,22,31-32H,5-9,12-13,15H2,1-4H3,(H2,27,33)(H,28,34)(H,29,36). The van der Waals surface area contributed by atoms with E-state index in [9.17, 15) is 29.4 Å². The third-order valence-corrected chi connectivity index (χ3v) is 6.07. The topological polar surface area (TPSA) is 171 Å². The number of ether oxygens (including phenoxy) is 1. The second-order valence-electron chi connectivity index (χ2n) is 10.4. The molecular formula is C26H40N4O7. The number of carbonyl (C=O) groups excluding carboxylic acids is 4. The first-order valence-corrected chi connectivity index (χ1v) is 12.6. The molecule has 2 atom stereocenters. The van der Waals surface area contributed by atoms with Crippen LogP contribution in [0.1, 0.15) is 76.5 Å². The number of carbonyl (C=O) groups is 4. The number of alkyl carbamates (subject to hydrolysis) is 1. The van der Waals surface area contributed by atoms with Gasteiger partial charge >= 0.3 is 6.09 Å². The Bertz CT molecular complexity index is 970. The number of benzene rings is 1. The second-order valence-corrected chi connectivity index (χ2v) is 10.4. The van der Waals surface area contributed by atoms with E-state index in [2.05, 4.69) is 10.6 Å². The fourth-order valence-electron chi connectivity index (χ4n) is 4.37. The molecule has 2 rings (SSSR count). The summed E-state index contributed by atoms with van der Waals surface area (Å²) in [6, 6.07) is 1.85. The minimum absolute atomic E-state index is 0.0217. The Morgan fingerprint density at radius 3 is 2.35 bits per heavy atom. The number of primary amides is 1. The van der Waals surface area contributed by atoms with Crippen molar-refractivity contribution in [2.75, 3.05) is 13.2 Å². The molecule has 0 spiro atoms. The molecule has 37 heavy (non-hydrogen) atoms. The van der Waals surface area contributed by atoms with Crippen molar-refractivity contribution in [2.45, 2.75) is 89.9 Å². The Labute approximate surface area is 217 Å². The van der Waals surface area contributed by atoms with Crippen LogP contribution in [0.3, 0.4) is 0 Å². The fourth-order valence-corrected chi connectivity index (χ4v) is 4.37. The van der Waals surface area contributed by atoms with Gasteiger partial charge in [0.2, 0.25) is 17.7 Å². The summed E-state index contributed by atoms with van der Waals surface area (Å²) < 4.78 is 5.23. The average molecular weight is 521 g/mol. The summed E-state index contributed by atoms with van der Waals surface area (Å²) in [7, 11) is 0. The predicted molar refractivity (Wildman–Crippen MR) is 136 cm³/mol. The number of aliphatic hydroxyl groups excluding tert-OH is 1. The minimum Gasteiger partial charge on any atom is -0.508 e. The molecule has 11 heteroatoms. The molecule has 2 unspecified atom stereocenters. The Morgan fingerprint density at radius 1 is 1.16 bits per heavy atom. The number of nitrogens with one attached hydrogen (secondary N) is 2. The van der Waals surface area contributed by atoms with Crippen molar-refractivity contribution in [2.24, 2.45) is 5.73 Å². The molecule has 1 saturated carbocycles. The number of phenols is 1. The molecule has 1 aromatic carbocycles. The number of nitrogens with zero attached hydrogens (tertiary/aromatic N) is 1. The molecule has 4 amide bonds. The van der Waals surface area contributed by atoms with E-state index in [1.54, 1.807) is 33.8 Å². The van der Waals surface area contributed by atoms with Gasteiger partial charge in [-0.25, -0.2) is 4.79 Å². The van der Waals surface area contributed by atoms with Gasteiger partial charge in [0.1, 0.15) is 23.4 Å². The van der Waals surface area contributed by atoms with Crippen LogP contribution in [0.25, 0.3) is 0 Å². The lowest BCUT2D eigenvalue weighted by atomic mass is 9.94. The highest BCUT2D eigenvalue weighted by atomic mass is 16.6. The molecular weight excluding hydrogens is 480 g/mol. The monoisotopic (exact) mass is 520 g/mol. The zero-order valence-electron chi connectivity index (χ0n) is 22.1. The van der Waals surface area contributed by atoms with Crippen molar-refractivity contribution < 1.29 is 34.1 Å². The molecule has 1 aliphatic carbocycles. The number of rotatable bonds is 10. The number of phenolic OH excluding ortho intramolecular Hbond substituents is 1. The van der Waals surface area contributed by atoms with Gasteiger partial charge in [-0.05, 0) is 63.8 Å². The third kappa shape index (κ3) is 9.23. The highest BCUT2D eigenvalue weighted by molar-refractivity contribution is 5.94. The molecule has 206 valence electrons. The van der Waals surface area contributed by atoms with E-state index in [1.807, 2.05) is 0 Å². The van der Waals surface area contributed by atoms with E-state index in [-0.39, 0.29) is 18.3 Å². The van der Waals surface area contributed by atoms with Gasteiger partial charge in [0.05, 0.1) is 13.0 Å². The first kappa shape index (κ1) is 29.9. The number of aromatic hydroxyl groups is 1. The first-order chi connectivity index (χ1) is 17.3. The third-order valence-electron chi connectivity index (χ3n) is 6.07. The Balaban J connectivity index is 2.46. The number of nitrogens with two attached hydrogens (primary N) is 1. The maximum atomic E-state index is 13.7. The van der Waals surface area contributed by atoms with Gasteiger partial charge in [0, 0.05) is 12.6 Å². The summed E-state index contributed by atoms with van der Waals surface area (Å²) in [5.74, 6) is -2.07. The van der Waals surface area contributed by atoms with E-state index >= 15 is 0 Å². The molecule has 0 heterocycles. The van der Waals surface area contributed by atoms with Crippen molar-refractivity contribution in [1.82, 2.24) is 15.5 Å². The van der Waals surface area contributed by atoms with Crippen molar-refractivity contribution in [3.63, 3.8) is 0 Å². The van der Waals surface area contributed by atoms with Crippen LogP contribution in [-0.4, -0.2) is 69.8 Å². The zero-order valence-corrected chi connectivity index (χ0v) is 22.1. The molecule has 1 fully saturated rings. The first-order valence-electron chi connectivity index (χ1n) is 12.6. The molecule has 0 bridgehead atoms. The molecule has 0 aromatic heterocycles. The highest BCUT2D eigenvalue weighted by Crippen LogP contribution is 2.28. The van der Waals surface area contributed by atoms with Gasteiger partial charge in [0.25, 0.3) is 0 Å². The lowest BCUT2D eigenvalue weighted by Gasteiger charge is -2.35. The average Bonchev–Trinajstić information content (AvgIpc) is 2.79. The smallest absolute Gasteiger partial charge is 0.408 e. The summed E-state index contributed by atoms with van der Waals surface area (Å²) >= 11 is 0. The Kier molecular flexibility index (Phi) is 10.7. The Morgan fingerprint density at radius 2 is 1.81 bits per heavy atom. The molecule has 11 nitrogen and oxygen atoms in total. The lowest BCUT2D eigenvalue weighted by Crippen LogP contribution is -2.55. The van der Waals surface area contributed by atoms with Gasteiger partial charge in [-0.1, -0.05) is 25.3 Å². The molecule has 1 aliphatic rings. The normalized spacial score (nSPS) is 15.8. The zero-order chi connectivity index (χ0) is 27.8. The van der Waals surface area contributed by atoms with E-state index in [0.29, 0.717) is 11.1 Å². The maximum Gasteiger partial charge on any atom is 0.408 e. The van der Waals surface area contributed by atoms with Crippen LogP contribution in [0, 0.1) is 6.92 Å². The van der Waals surface area contributed by atoms with E-state index in [1.165, 1.54) is 12.1 Å². The molecule has 6 N–H and O–H groups in total. The van der Waals surface area contributed by atoms with Gasteiger partial charge in [-0.3, -0.25) is 14.4 Å². The van der Waals surface area contributed by atoms with E-state index in [4.69, 9.17) is 10.5 Å². The van der Waals surface area contributed by atoms with E-state index in [0.717, 1.165) is 37.0 Å². The second kappa shape index (κ2) is 13.3. The predicted octanol–water partition coefficient (Wildman–Crippen LogP) is 1.78. The van der Waals surface area contributed by atoms with Gasteiger partial charge in [0.15, 0.2) is 0 Å². The molecule has 0 saturated heterocycles. The lowest BCUT2D eigenvalue weighted by molar-refractivity contribution is -0.144. The van der Waals surface area contributed by atoms with Crippen LogP contribution in [-0.2, 0) is 19.1 Å². The SMILES string of the molecule is Cc1cc(C(C(=O)NC2CCCCC2)N(CCO)C(=O)C(CC(N)=O)NC(=O)OC(C)(C)C)ccc1O. The summed E-state index contributed by atoms with van der Waals surface area (Å²) in [6.45, 7) is 5.86. The van der Waals surface area contributed by atoms with Crippen LogP contribution < -0.4 is 16.4 Å². The quantitative estimate of drug-likeness (QED) is 0.313. The van der Waals surface area contributed by atoms with Crippen LogP contribution in [0.15, 0.2) is 18.2 Å². The van der Waals surface area contributed by atoms with E-state index < -0.39 is 54.5 Å². The maximum absolute atomic E-state index is 13.7. The highest BCUT2D eigenvalue weighted by Gasteiger charge is 2.37. The number of amides is 4. The summed E-state index contributed by atoms with van der Waals surface area (Å²) in [6.07, 6.45) is 3.21. The van der Waals surface area contributed by atoms with Crippen LogP contribution in [0.5, 0.6) is 5.75 Å². The van der Waals surface area contributed by atoms with Crippen molar-refractivity contribution in [1.29, 1.82) is 0 Å². The number of aliphatic hydroxyl groups is 1. The van der Waals surface area contributed by atoms with Crippen molar-refractivity contribution in [3.8, 4) is 5.75 Å². The largest absolute Gasteiger partial charge is 0.508 e. The molecule has 1 aromatic rings. The number of aryl methyl sites for hydroxylation is 1. The van der Waals surface area contributed by atoms with Gasteiger partial charge in [-0.15, -0.1) is 0 Å². The summed E-state index contributed by atoms with van der Waals surface area (Å²) in [4.78, 5) is 52.7. The Hall–Kier alpha value is -3.34. The number of hydrogen-bond acceptors (Lipinski definition) is 7. The van der Waals surface area contributed by atoms with Crippen LogP contribution >= 0.6 is 0 Å². The minimum atomic E-state index is -1.43. The molecule has 0 radical (unpaired) electrons. The van der Waals surface area contributed by atoms with Gasteiger partial charge in [-0.2, -0.15) is 0 Å². The van der Waals surface area contributed by atoms with Crippen LogP contribution in [0.4, 0.5) is 4.79 Å². The van der Waals surface area contributed by atoms with Crippen LogP contribution in [0.2, 0.25) is 0 Å². The summed E-state index contributed by atoms with van der Waals surface area (Å²) in [5, 5.41) is 25.2. The molecule has 0 aliphatic heterocycles. The fraction of sp³-hybridized carbons (Fsp3) is 0.615. The van der Waals surface area contributed by atoms with Gasteiger partial charge < -0.3 is 36.2 Å². The van der Waals surface area contributed by atoms with Crippen molar-refractivity contribution >= 4 is 23.8 Å². The van der Waals surface area contributed by atoms with Crippen molar-refractivity contribution in [3.05, 3.63) is 29.3 Å².